The Morgan fingerprint density at radius 3 is 3.00 bits per heavy atom. The molecule has 0 radical (unpaired) electrons. The second-order valence-corrected chi connectivity index (χ2v) is 2.87. The molecule has 4 nitrogen and oxygen atoms in total. The van der Waals surface area contributed by atoms with Crippen molar-refractivity contribution in [2.24, 2.45) is 0 Å². The number of hydrogen-bond donors (Lipinski definition) is 2. The molecule has 2 aromatic rings. The standard InChI is InChI=1S/C9H8N2O2/c1-5-4-10-8-6(5)2-3-7(11-8)9(12)13/h2-4H,1H3,(H,10,11)(H,12,13). The van der Waals surface area contributed by atoms with Gasteiger partial charge in [-0.05, 0) is 24.6 Å². The predicted octanol–water partition coefficient (Wildman–Crippen LogP) is 1.57. The molecular weight excluding hydrogens is 168 g/mol. The van der Waals surface area contributed by atoms with Crippen molar-refractivity contribution in [2.75, 3.05) is 0 Å². The number of carbonyl (C=O) groups is 1. The lowest BCUT2D eigenvalue weighted by Crippen LogP contribution is -1.99. The van der Waals surface area contributed by atoms with Gasteiger partial charge in [0.25, 0.3) is 0 Å². The van der Waals surface area contributed by atoms with Gasteiger partial charge in [0.15, 0.2) is 5.69 Å². The van der Waals surface area contributed by atoms with E-state index in [1.54, 1.807) is 6.07 Å². The van der Waals surface area contributed by atoms with Crippen LogP contribution in [0.15, 0.2) is 18.3 Å². The Balaban J connectivity index is 2.70. The highest BCUT2D eigenvalue weighted by atomic mass is 16.4. The highest BCUT2D eigenvalue weighted by Gasteiger charge is 2.06. The fourth-order valence-corrected chi connectivity index (χ4v) is 1.26. The molecule has 0 amide bonds. The number of pyridine rings is 1. The Hall–Kier alpha value is -1.84. The lowest BCUT2D eigenvalue weighted by Gasteiger charge is -1.93. The molecular formula is C9H8N2O2. The molecule has 0 fully saturated rings. The number of rotatable bonds is 1. The van der Waals surface area contributed by atoms with Crippen LogP contribution in [0.1, 0.15) is 16.1 Å². The fourth-order valence-electron chi connectivity index (χ4n) is 1.26. The van der Waals surface area contributed by atoms with Crippen molar-refractivity contribution >= 4 is 17.0 Å². The second kappa shape index (κ2) is 2.58. The van der Waals surface area contributed by atoms with Crippen LogP contribution >= 0.6 is 0 Å². The van der Waals surface area contributed by atoms with E-state index in [-0.39, 0.29) is 5.69 Å². The van der Waals surface area contributed by atoms with Gasteiger partial charge < -0.3 is 10.1 Å². The fraction of sp³-hybridized carbons (Fsp3) is 0.111. The zero-order valence-electron chi connectivity index (χ0n) is 7.03. The Labute approximate surface area is 74.2 Å². The van der Waals surface area contributed by atoms with E-state index in [1.165, 1.54) is 6.07 Å². The van der Waals surface area contributed by atoms with Crippen LogP contribution in [0.25, 0.3) is 11.0 Å². The minimum absolute atomic E-state index is 0.0642. The van der Waals surface area contributed by atoms with Gasteiger partial charge in [-0.25, -0.2) is 9.78 Å². The number of aromatic carboxylic acids is 1. The number of H-pyrrole nitrogens is 1. The smallest absolute Gasteiger partial charge is 0.354 e. The molecule has 0 atom stereocenters. The van der Waals surface area contributed by atoms with E-state index < -0.39 is 5.97 Å². The van der Waals surface area contributed by atoms with Crippen LogP contribution in [0.2, 0.25) is 0 Å². The maximum absolute atomic E-state index is 10.6. The molecule has 0 unspecified atom stereocenters. The molecule has 0 bridgehead atoms. The third-order valence-electron chi connectivity index (χ3n) is 1.96. The minimum atomic E-state index is -1.01. The maximum atomic E-state index is 10.6. The molecule has 2 rings (SSSR count). The Morgan fingerprint density at radius 2 is 2.31 bits per heavy atom. The Morgan fingerprint density at radius 1 is 1.54 bits per heavy atom. The molecule has 2 heterocycles. The molecule has 0 saturated carbocycles. The third-order valence-corrected chi connectivity index (χ3v) is 1.96. The summed E-state index contributed by atoms with van der Waals surface area (Å²) in [4.78, 5) is 17.4. The number of nitrogens with zero attached hydrogens (tertiary/aromatic N) is 1. The molecule has 0 aliphatic heterocycles. The predicted molar refractivity (Wildman–Crippen MR) is 47.8 cm³/mol. The number of aromatic nitrogens is 2. The zero-order chi connectivity index (χ0) is 9.42. The van der Waals surface area contributed by atoms with E-state index in [9.17, 15) is 4.79 Å². The van der Waals surface area contributed by atoms with Crippen molar-refractivity contribution in [2.45, 2.75) is 6.92 Å². The van der Waals surface area contributed by atoms with Gasteiger partial charge in [-0.2, -0.15) is 0 Å². The van der Waals surface area contributed by atoms with Gasteiger partial charge in [0.05, 0.1) is 0 Å². The van der Waals surface area contributed by atoms with E-state index in [2.05, 4.69) is 9.97 Å². The van der Waals surface area contributed by atoms with Gasteiger partial charge in [0, 0.05) is 11.6 Å². The van der Waals surface area contributed by atoms with Crippen LogP contribution in [-0.2, 0) is 0 Å². The summed E-state index contributed by atoms with van der Waals surface area (Å²) in [6.07, 6.45) is 1.81. The first-order valence-corrected chi connectivity index (χ1v) is 3.86. The third kappa shape index (κ3) is 1.16. The van der Waals surface area contributed by atoms with E-state index in [4.69, 9.17) is 5.11 Å². The molecule has 0 aliphatic carbocycles. The molecule has 66 valence electrons. The zero-order valence-corrected chi connectivity index (χ0v) is 7.03. The van der Waals surface area contributed by atoms with E-state index in [0.717, 1.165) is 10.9 Å². The summed E-state index contributed by atoms with van der Waals surface area (Å²) < 4.78 is 0. The van der Waals surface area contributed by atoms with Crippen molar-refractivity contribution in [3.8, 4) is 0 Å². The second-order valence-electron chi connectivity index (χ2n) is 2.87. The lowest BCUT2D eigenvalue weighted by atomic mass is 10.2. The van der Waals surface area contributed by atoms with Gasteiger partial charge >= 0.3 is 5.97 Å². The van der Waals surface area contributed by atoms with Crippen LogP contribution in [0.3, 0.4) is 0 Å². The number of aromatic amines is 1. The van der Waals surface area contributed by atoms with E-state index in [1.807, 2.05) is 13.1 Å². The van der Waals surface area contributed by atoms with E-state index >= 15 is 0 Å². The van der Waals surface area contributed by atoms with Gasteiger partial charge in [0.2, 0.25) is 0 Å². The summed E-state index contributed by atoms with van der Waals surface area (Å²) in [6, 6.07) is 3.27. The minimum Gasteiger partial charge on any atom is -0.477 e. The number of nitrogens with one attached hydrogen (secondary N) is 1. The monoisotopic (exact) mass is 176 g/mol. The van der Waals surface area contributed by atoms with Gasteiger partial charge in [0.1, 0.15) is 5.65 Å². The van der Waals surface area contributed by atoms with Crippen molar-refractivity contribution < 1.29 is 9.90 Å². The van der Waals surface area contributed by atoms with Crippen LogP contribution in [0, 0.1) is 6.92 Å². The normalized spacial score (nSPS) is 10.5. The average Bonchev–Trinajstić information content (AvgIpc) is 2.47. The number of carboxylic acid groups (broad SMARTS) is 1. The molecule has 0 saturated heterocycles. The van der Waals surface area contributed by atoms with Gasteiger partial charge in [-0.15, -0.1) is 0 Å². The topological polar surface area (TPSA) is 66.0 Å². The highest BCUT2D eigenvalue weighted by Crippen LogP contribution is 2.15. The first-order valence-electron chi connectivity index (χ1n) is 3.86. The van der Waals surface area contributed by atoms with Crippen molar-refractivity contribution in [3.63, 3.8) is 0 Å². The molecule has 4 heteroatoms. The van der Waals surface area contributed by atoms with Crippen molar-refractivity contribution in [1.29, 1.82) is 0 Å². The summed E-state index contributed by atoms with van der Waals surface area (Å²) in [6.45, 7) is 1.95. The number of carboxylic acids is 1. The molecule has 2 aromatic heterocycles. The van der Waals surface area contributed by atoms with Crippen LogP contribution in [0.5, 0.6) is 0 Å². The van der Waals surface area contributed by atoms with Crippen LogP contribution in [0.4, 0.5) is 0 Å². The first-order chi connectivity index (χ1) is 6.18. The molecule has 0 spiro atoms. The van der Waals surface area contributed by atoms with E-state index in [0.29, 0.717) is 5.65 Å². The summed E-state index contributed by atoms with van der Waals surface area (Å²) in [7, 11) is 0. The van der Waals surface area contributed by atoms with Crippen molar-refractivity contribution in [3.05, 3.63) is 29.6 Å². The summed E-state index contributed by atoms with van der Waals surface area (Å²) in [5.41, 5.74) is 1.76. The molecule has 13 heavy (non-hydrogen) atoms. The maximum Gasteiger partial charge on any atom is 0.354 e. The summed E-state index contributed by atoms with van der Waals surface area (Å²) in [5, 5.41) is 9.64. The number of hydrogen-bond acceptors (Lipinski definition) is 2. The SMILES string of the molecule is Cc1c[nH]c2nc(C(=O)O)ccc12. The number of aryl methyl sites for hydroxylation is 1. The van der Waals surface area contributed by atoms with Gasteiger partial charge in [-0.1, -0.05) is 0 Å². The van der Waals surface area contributed by atoms with Crippen LogP contribution in [-0.4, -0.2) is 21.0 Å². The molecule has 2 N–H and O–H groups in total. The summed E-state index contributed by atoms with van der Waals surface area (Å²) >= 11 is 0. The number of fused-ring (bicyclic) bond motifs is 1. The van der Waals surface area contributed by atoms with Crippen molar-refractivity contribution in [1.82, 2.24) is 9.97 Å². The average molecular weight is 176 g/mol. The largest absolute Gasteiger partial charge is 0.477 e. The highest BCUT2D eigenvalue weighted by molar-refractivity contribution is 5.89. The quantitative estimate of drug-likeness (QED) is 0.693. The summed E-state index contributed by atoms with van der Waals surface area (Å²) in [5.74, 6) is -1.01. The van der Waals surface area contributed by atoms with Crippen LogP contribution < -0.4 is 0 Å². The van der Waals surface area contributed by atoms with Gasteiger partial charge in [-0.3, -0.25) is 0 Å². The lowest BCUT2D eigenvalue weighted by molar-refractivity contribution is 0.0691. The first kappa shape index (κ1) is 7.79. The Kier molecular flexibility index (Phi) is 1.55. The Bertz CT molecular complexity index is 473. The molecule has 0 aromatic carbocycles. The molecule has 0 aliphatic rings.